The van der Waals surface area contributed by atoms with E-state index < -0.39 is 0 Å². The van der Waals surface area contributed by atoms with Crippen molar-refractivity contribution in [2.75, 3.05) is 18.6 Å². The van der Waals surface area contributed by atoms with Crippen molar-refractivity contribution in [1.29, 1.82) is 0 Å². The molecule has 0 saturated heterocycles. The van der Waals surface area contributed by atoms with Gasteiger partial charge in [-0.15, -0.1) is 0 Å². The zero-order chi connectivity index (χ0) is 13.7. The number of rotatable bonds is 6. The van der Waals surface area contributed by atoms with E-state index in [2.05, 4.69) is 10.4 Å². The van der Waals surface area contributed by atoms with Crippen LogP contribution in [0.5, 0.6) is 0 Å². The lowest BCUT2D eigenvalue weighted by Gasteiger charge is -2.37. The van der Waals surface area contributed by atoms with E-state index >= 15 is 0 Å². The van der Waals surface area contributed by atoms with Crippen LogP contribution in [0, 0.1) is 0 Å². The predicted octanol–water partition coefficient (Wildman–Crippen LogP) is 0.744. The quantitative estimate of drug-likeness (QED) is 0.521. The number of anilines is 1. The average Bonchev–Trinajstić information content (AvgIpc) is 2.40. The second-order valence-corrected chi connectivity index (χ2v) is 4.71. The number of nitrogen functional groups attached to an aromatic ring is 1. The topological polar surface area (TPSA) is 91.5 Å². The minimum atomic E-state index is -0.0877. The monoisotopic (exact) mass is 264 g/mol. The van der Waals surface area contributed by atoms with E-state index in [4.69, 9.17) is 10.9 Å². The first-order chi connectivity index (χ1) is 9.26. The van der Waals surface area contributed by atoms with Gasteiger partial charge < -0.3 is 15.4 Å². The zero-order valence-corrected chi connectivity index (χ0v) is 10.9. The molecule has 0 aliphatic heterocycles. The predicted molar refractivity (Wildman–Crippen MR) is 72.4 cm³/mol. The van der Waals surface area contributed by atoms with Gasteiger partial charge >= 0.3 is 0 Å². The highest BCUT2D eigenvalue weighted by molar-refractivity contribution is 5.93. The summed E-state index contributed by atoms with van der Waals surface area (Å²) in [7, 11) is 0. The van der Waals surface area contributed by atoms with Crippen LogP contribution < -0.4 is 11.3 Å². The van der Waals surface area contributed by atoms with Gasteiger partial charge in [0.05, 0.1) is 0 Å². The van der Waals surface area contributed by atoms with Crippen molar-refractivity contribution < 1.29 is 9.90 Å². The second-order valence-electron chi connectivity index (χ2n) is 4.71. The van der Waals surface area contributed by atoms with Crippen LogP contribution in [0.3, 0.4) is 0 Å². The van der Waals surface area contributed by atoms with Gasteiger partial charge in [-0.2, -0.15) is 0 Å². The van der Waals surface area contributed by atoms with Gasteiger partial charge in [-0.05, 0) is 37.8 Å². The highest BCUT2D eigenvalue weighted by Crippen LogP contribution is 2.26. The van der Waals surface area contributed by atoms with E-state index in [0.29, 0.717) is 24.5 Å². The smallest absolute Gasteiger partial charge is 0.272 e. The standard InChI is InChI=1S/C13H20N4O2/c14-16-12-7-2-6-11(15-12)13(19)17(8-3-9-18)10-4-1-5-10/h2,6-7,10,18H,1,3-5,8-9,14H2,(H,15,16). The third-order valence-electron chi connectivity index (χ3n) is 3.45. The largest absolute Gasteiger partial charge is 0.396 e. The number of nitrogens with one attached hydrogen (secondary N) is 1. The Balaban J connectivity index is 2.12. The minimum Gasteiger partial charge on any atom is -0.396 e. The summed E-state index contributed by atoms with van der Waals surface area (Å²) in [5.41, 5.74) is 2.83. The minimum absolute atomic E-state index is 0.0877. The van der Waals surface area contributed by atoms with Crippen molar-refractivity contribution in [2.45, 2.75) is 31.7 Å². The number of hydrogen-bond donors (Lipinski definition) is 3. The number of aliphatic hydroxyl groups excluding tert-OH is 1. The van der Waals surface area contributed by atoms with Gasteiger partial charge in [0.25, 0.3) is 5.91 Å². The van der Waals surface area contributed by atoms with Gasteiger partial charge in [0.15, 0.2) is 0 Å². The molecule has 0 aromatic carbocycles. The van der Waals surface area contributed by atoms with Crippen molar-refractivity contribution in [3.05, 3.63) is 23.9 Å². The molecule has 0 spiro atoms. The molecule has 6 heteroatoms. The van der Waals surface area contributed by atoms with Crippen LogP contribution in [0.4, 0.5) is 5.82 Å². The van der Waals surface area contributed by atoms with Crippen LogP contribution in [0.2, 0.25) is 0 Å². The molecule has 1 amide bonds. The number of pyridine rings is 1. The Morgan fingerprint density at radius 3 is 2.89 bits per heavy atom. The molecule has 1 fully saturated rings. The molecule has 4 N–H and O–H groups in total. The number of nitrogens with zero attached hydrogens (tertiary/aromatic N) is 2. The normalized spacial score (nSPS) is 14.8. The summed E-state index contributed by atoms with van der Waals surface area (Å²) in [5, 5.41) is 8.94. The van der Waals surface area contributed by atoms with Gasteiger partial charge in [0, 0.05) is 19.2 Å². The first-order valence-electron chi connectivity index (χ1n) is 6.61. The molecule has 0 atom stereocenters. The molecule has 1 aliphatic carbocycles. The molecule has 2 rings (SSSR count). The number of carbonyl (C=O) groups excluding carboxylic acids is 1. The Bertz CT molecular complexity index is 434. The number of aromatic nitrogens is 1. The molecule has 0 unspecified atom stereocenters. The van der Waals surface area contributed by atoms with E-state index in [1.807, 2.05) is 4.90 Å². The zero-order valence-electron chi connectivity index (χ0n) is 10.9. The van der Waals surface area contributed by atoms with E-state index in [1.54, 1.807) is 18.2 Å². The van der Waals surface area contributed by atoms with Crippen LogP contribution in [-0.4, -0.2) is 40.1 Å². The lowest BCUT2D eigenvalue weighted by Crippen LogP contribution is -2.45. The van der Waals surface area contributed by atoms with Crippen molar-refractivity contribution in [3.63, 3.8) is 0 Å². The summed E-state index contributed by atoms with van der Waals surface area (Å²) >= 11 is 0. The van der Waals surface area contributed by atoms with Gasteiger partial charge in [0.2, 0.25) is 0 Å². The lowest BCUT2D eigenvalue weighted by atomic mass is 9.91. The molecule has 104 valence electrons. The van der Waals surface area contributed by atoms with E-state index in [0.717, 1.165) is 19.3 Å². The van der Waals surface area contributed by atoms with Gasteiger partial charge in [0.1, 0.15) is 11.5 Å². The summed E-state index contributed by atoms with van der Waals surface area (Å²) in [4.78, 5) is 18.5. The average molecular weight is 264 g/mol. The summed E-state index contributed by atoms with van der Waals surface area (Å²) < 4.78 is 0. The Kier molecular flexibility index (Phi) is 4.70. The van der Waals surface area contributed by atoms with E-state index in [9.17, 15) is 4.79 Å². The summed E-state index contributed by atoms with van der Waals surface area (Å²) in [5.74, 6) is 5.69. The van der Waals surface area contributed by atoms with Crippen molar-refractivity contribution in [2.24, 2.45) is 5.84 Å². The van der Waals surface area contributed by atoms with Crippen LogP contribution >= 0.6 is 0 Å². The fourth-order valence-corrected chi connectivity index (χ4v) is 2.17. The van der Waals surface area contributed by atoms with E-state index in [1.165, 1.54) is 0 Å². The van der Waals surface area contributed by atoms with Gasteiger partial charge in [-0.25, -0.2) is 10.8 Å². The molecule has 1 heterocycles. The number of hydrogen-bond acceptors (Lipinski definition) is 5. The molecule has 1 aromatic heterocycles. The molecule has 6 nitrogen and oxygen atoms in total. The summed E-state index contributed by atoms with van der Waals surface area (Å²) in [6, 6.07) is 5.43. The maximum absolute atomic E-state index is 12.5. The van der Waals surface area contributed by atoms with Crippen LogP contribution in [0.1, 0.15) is 36.2 Å². The second kappa shape index (κ2) is 6.49. The highest BCUT2D eigenvalue weighted by atomic mass is 16.3. The van der Waals surface area contributed by atoms with Crippen LogP contribution in [0.15, 0.2) is 18.2 Å². The molecule has 0 bridgehead atoms. The molecule has 1 aromatic rings. The number of aliphatic hydroxyl groups is 1. The first-order valence-corrected chi connectivity index (χ1v) is 6.61. The molecule has 1 aliphatic rings. The number of amides is 1. The summed E-state index contributed by atoms with van der Waals surface area (Å²) in [6.07, 6.45) is 3.82. The van der Waals surface area contributed by atoms with Gasteiger partial charge in [-0.3, -0.25) is 4.79 Å². The van der Waals surface area contributed by atoms with Crippen LogP contribution in [0.25, 0.3) is 0 Å². The maximum Gasteiger partial charge on any atom is 0.272 e. The third kappa shape index (κ3) is 3.21. The maximum atomic E-state index is 12.5. The summed E-state index contributed by atoms with van der Waals surface area (Å²) in [6.45, 7) is 0.663. The molecule has 19 heavy (non-hydrogen) atoms. The van der Waals surface area contributed by atoms with Crippen LogP contribution in [-0.2, 0) is 0 Å². The van der Waals surface area contributed by atoms with Gasteiger partial charge in [-0.1, -0.05) is 6.07 Å². The Hall–Kier alpha value is -1.66. The number of carbonyl (C=O) groups is 1. The van der Waals surface area contributed by atoms with Crippen molar-refractivity contribution in [1.82, 2.24) is 9.88 Å². The molecular formula is C13H20N4O2. The SMILES string of the molecule is NNc1cccc(C(=O)N(CCCO)C2CCC2)n1. The Labute approximate surface area is 112 Å². The number of nitrogens with two attached hydrogens (primary N) is 1. The van der Waals surface area contributed by atoms with Crippen molar-refractivity contribution in [3.8, 4) is 0 Å². The third-order valence-corrected chi connectivity index (χ3v) is 3.45. The first kappa shape index (κ1) is 13.8. The fraction of sp³-hybridized carbons (Fsp3) is 0.538. The fourth-order valence-electron chi connectivity index (χ4n) is 2.17. The van der Waals surface area contributed by atoms with Crippen molar-refractivity contribution >= 4 is 11.7 Å². The Morgan fingerprint density at radius 2 is 2.32 bits per heavy atom. The molecule has 1 saturated carbocycles. The van der Waals surface area contributed by atoms with E-state index in [-0.39, 0.29) is 18.6 Å². The lowest BCUT2D eigenvalue weighted by molar-refractivity contribution is 0.0556. The number of hydrazine groups is 1. The molecular weight excluding hydrogens is 244 g/mol. The molecule has 0 radical (unpaired) electrons. The highest BCUT2D eigenvalue weighted by Gasteiger charge is 2.29. The Morgan fingerprint density at radius 1 is 1.53 bits per heavy atom.